The maximum absolute atomic E-state index is 12.9. The number of pyridine rings is 1. The zero-order valence-electron chi connectivity index (χ0n) is 13.2. The standard InChI is InChI=1S/C17H13ClF3N3O2/c18-13-4-3-11(8-12(13)17(19,20)21)24-16(26)14-7-9(5-6-22-14)15(25)23-10-1-2-10/h3-8,10H,1-2H2,(H,23,25)(H,24,26). The lowest BCUT2D eigenvalue weighted by molar-refractivity contribution is -0.137. The molecule has 1 fully saturated rings. The molecule has 1 saturated carbocycles. The smallest absolute Gasteiger partial charge is 0.349 e. The Morgan fingerprint density at radius 1 is 1.12 bits per heavy atom. The molecule has 2 aromatic rings. The predicted octanol–water partition coefficient (Wildman–Crippen LogP) is 3.90. The van der Waals surface area contributed by atoms with Crippen LogP contribution in [0, 0.1) is 0 Å². The topological polar surface area (TPSA) is 71.1 Å². The van der Waals surface area contributed by atoms with Crippen molar-refractivity contribution in [3.8, 4) is 0 Å². The van der Waals surface area contributed by atoms with Gasteiger partial charge in [-0.25, -0.2) is 0 Å². The Kier molecular flexibility index (Phi) is 4.86. The van der Waals surface area contributed by atoms with E-state index in [1.165, 1.54) is 24.4 Å². The molecule has 0 radical (unpaired) electrons. The molecule has 1 aromatic carbocycles. The number of anilines is 1. The Bertz CT molecular complexity index is 867. The monoisotopic (exact) mass is 383 g/mol. The highest BCUT2D eigenvalue weighted by Crippen LogP contribution is 2.36. The lowest BCUT2D eigenvalue weighted by Crippen LogP contribution is -2.26. The predicted molar refractivity (Wildman–Crippen MR) is 89.1 cm³/mol. The lowest BCUT2D eigenvalue weighted by Gasteiger charge is -2.12. The maximum Gasteiger partial charge on any atom is 0.417 e. The van der Waals surface area contributed by atoms with E-state index in [9.17, 15) is 22.8 Å². The van der Waals surface area contributed by atoms with E-state index in [1.807, 2.05) is 0 Å². The third-order valence-corrected chi connectivity index (χ3v) is 4.03. The first-order chi connectivity index (χ1) is 12.2. The molecule has 1 aliphatic carbocycles. The van der Waals surface area contributed by atoms with Gasteiger partial charge in [0, 0.05) is 23.5 Å². The molecule has 136 valence electrons. The van der Waals surface area contributed by atoms with Gasteiger partial charge in [0.05, 0.1) is 10.6 Å². The second-order valence-corrected chi connectivity index (χ2v) is 6.23. The molecule has 0 saturated heterocycles. The van der Waals surface area contributed by atoms with Gasteiger partial charge in [-0.1, -0.05) is 11.6 Å². The normalized spacial score (nSPS) is 14.0. The molecule has 0 atom stereocenters. The first-order valence-corrected chi connectivity index (χ1v) is 8.07. The summed E-state index contributed by atoms with van der Waals surface area (Å²) in [5.41, 5.74) is -0.968. The number of benzene rings is 1. The van der Waals surface area contributed by atoms with Crippen LogP contribution < -0.4 is 10.6 Å². The molecule has 0 bridgehead atoms. The molecule has 0 aliphatic heterocycles. The Morgan fingerprint density at radius 3 is 2.50 bits per heavy atom. The minimum atomic E-state index is -4.64. The number of alkyl halides is 3. The van der Waals surface area contributed by atoms with E-state index in [1.54, 1.807) is 0 Å². The van der Waals surface area contributed by atoms with Gasteiger partial charge in [0.15, 0.2) is 0 Å². The Labute approximate surface area is 151 Å². The van der Waals surface area contributed by atoms with Crippen LogP contribution in [-0.2, 0) is 6.18 Å². The van der Waals surface area contributed by atoms with Crippen molar-refractivity contribution in [1.29, 1.82) is 0 Å². The molecular formula is C17H13ClF3N3O2. The number of hydrogen-bond acceptors (Lipinski definition) is 3. The summed E-state index contributed by atoms with van der Waals surface area (Å²) in [6.07, 6.45) is -1.51. The fourth-order valence-corrected chi connectivity index (χ4v) is 2.43. The number of amides is 2. The highest BCUT2D eigenvalue weighted by atomic mass is 35.5. The molecule has 3 rings (SSSR count). The van der Waals surface area contributed by atoms with Gasteiger partial charge in [-0.3, -0.25) is 14.6 Å². The van der Waals surface area contributed by atoms with Crippen molar-refractivity contribution in [3.05, 3.63) is 58.4 Å². The summed E-state index contributed by atoms with van der Waals surface area (Å²) < 4.78 is 38.7. The molecule has 5 nitrogen and oxygen atoms in total. The highest BCUT2D eigenvalue weighted by Gasteiger charge is 2.33. The molecular weight excluding hydrogens is 371 g/mol. The first kappa shape index (κ1) is 18.2. The van der Waals surface area contributed by atoms with Crippen LogP contribution in [0.15, 0.2) is 36.5 Å². The maximum atomic E-state index is 12.9. The second-order valence-electron chi connectivity index (χ2n) is 5.82. The number of nitrogens with zero attached hydrogens (tertiary/aromatic N) is 1. The van der Waals surface area contributed by atoms with E-state index >= 15 is 0 Å². The summed E-state index contributed by atoms with van der Waals surface area (Å²) >= 11 is 5.55. The number of hydrogen-bond donors (Lipinski definition) is 2. The van der Waals surface area contributed by atoms with Crippen molar-refractivity contribution in [2.24, 2.45) is 0 Å². The minimum absolute atomic E-state index is 0.0821. The van der Waals surface area contributed by atoms with E-state index in [-0.39, 0.29) is 28.9 Å². The summed E-state index contributed by atoms with van der Waals surface area (Å²) in [4.78, 5) is 28.1. The van der Waals surface area contributed by atoms with Gasteiger partial charge in [-0.2, -0.15) is 13.2 Å². The van der Waals surface area contributed by atoms with Gasteiger partial charge in [0.25, 0.3) is 11.8 Å². The molecule has 2 amide bonds. The third kappa shape index (κ3) is 4.32. The number of halogens is 4. The summed E-state index contributed by atoms with van der Waals surface area (Å²) in [6, 6.07) is 5.94. The summed E-state index contributed by atoms with van der Waals surface area (Å²) in [6.45, 7) is 0. The van der Waals surface area contributed by atoms with Crippen LogP contribution in [0.4, 0.5) is 18.9 Å². The van der Waals surface area contributed by atoms with Crippen LogP contribution in [0.1, 0.15) is 39.3 Å². The SMILES string of the molecule is O=C(NC1CC1)c1ccnc(C(=O)Nc2ccc(Cl)c(C(F)(F)F)c2)c1. The van der Waals surface area contributed by atoms with Crippen molar-refractivity contribution in [2.45, 2.75) is 25.1 Å². The summed E-state index contributed by atoms with van der Waals surface area (Å²) in [7, 11) is 0. The third-order valence-electron chi connectivity index (χ3n) is 3.70. The summed E-state index contributed by atoms with van der Waals surface area (Å²) in [5, 5.41) is 4.64. The number of nitrogens with one attached hydrogen (secondary N) is 2. The number of carbonyl (C=O) groups excluding carboxylic acids is 2. The van der Waals surface area contributed by atoms with Crippen molar-refractivity contribution < 1.29 is 22.8 Å². The van der Waals surface area contributed by atoms with Crippen LogP contribution in [-0.4, -0.2) is 22.8 Å². The van der Waals surface area contributed by atoms with Gasteiger partial charge in [-0.15, -0.1) is 0 Å². The van der Waals surface area contributed by atoms with E-state index in [4.69, 9.17) is 11.6 Å². The number of rotatable bonds is 4. The Morgan fingerprint density at radius 2 is 1.85 bits per heavy atom. The largest absolute Gasteiger partial charge is 0.417 e. The van der Waals surface area contributed by atoms with Crippen LogP contribution >= 0.6 is 11.6 Å². The first-order valence-electron chi connectivity index (χ1n) is 7.69. The quantitative estimate of drug-likeness (QED) is 0.841. The van der Waals surface area contributed by atoms with Crippen LogP contribution in [0.3, 0.4) is 0 Å². The van der Waals surface area contributed by atoms with Gasteiger partial charge in [0.1, 0.15) is 5.69 Å². The molecule has 0 spiro atoms. The molecule has 1 aliphatic rings. The summed E-state index contributed by atoms with van der Waals surface area (Å²) in [5.74, 6) is -1.06. The molecule has 26 heavy (non-hydrogen) atoms. The van der Waals surface area contributed by atoms with Crippen LogP contribution in [0.5, 0.6) is 0 Å². The van der Waals surface area contributed by atoms with E-state index in [2.05, 4.69) is 15.6 Å². The lowest BCUT2D eigenvalue weighted by atomic mass is 10.1. The molecule has 1 aromatic heterocycles. The Hall–Kier alpha value is -2.61. The van der Waals surface area contributed by atoms with Gasteiger partial charge in [0.2, 0.25) is 0 Å². The van der Waals surface area contributed by atoms with Gasteiger partial charge >= 0.3 is 6.18 Å². The number of carbonyl (C=O) groups is 2. The van der Waals surface area contributed by atoms with Crippen LogP contribution in [0.2, 0.25) is 5.02 Å². The zero-order chi connectivity index (χ0) is 18.9. The molecule has 0 unspecified atom stereocenters. The minimum Gasteiger partial charge on any atom is -0.349 e. The van der Waals surface area contributed by atoms with Gasteiger partial charge in [-0.05, 0) is 43.2 Å². The average Bonchev–Trinajstić information content (AvgIpc) is 3.39. The van der Waals surface area contributed by atoms with Crippen molar-refractivity contribution in [2.75, 3.05) is 5.32 Å². The fraction of sp³-hybridized carbons (Fsp3) is 0.235. The zero-order valence-corrected chi connectivity index (χ0v) is 14.0. The molecule has 1 heterocycles. The van der Waals surface area contributed by atoms with Crippen molar-refractivity contribution in [3.63, 3.8) is 0 Å². The fourth-order valence-electron chi connectivity index (χ4n) is 2.21. The van der Waals surface area contributed by atoms with Crippen LogP contribution in [0.25, 0.3) is 0 Å². The molecule has 2 N–H and O–H groups in total. The second kappa shape index (κ2) is 6.95. The van der Waals surface area contributed by atoms with E-state index in [0.717, 1.165) is 25.0 Å². The highest BCUT2D eigenvalue weighted by molar-refractivity contribution is 6.31. The van der Waals surface area contributed by atoms with E-state index in [0.29, 0.717) is 0 Å². The van der Waals surface area contributed by atoms with Crippen molar-refractivity contribution >= 4 is 29.1 Å². The van der Waals surface area contributed by atoms with Crippen molar-refractivity contribution in [1.82, 2.24) is 10.3 Å². The molecule has 9 heteroatoms. The van der Waals surface area contributed by atoms with Gasteiger partial charge < -0.3 is 10.6 Å². The van der Waals surface area contributed by atoms with E-state index < -0.39 is 22.7 Å². The Balaban J connectivity index is 1.77. The number of aromatic nitrogens is 1. The average molecular weight is 384 g/mol.